The number of amides is 4. The Bertz CT molecular complexity index is 1210. The number of fused-ring (bicyclic) bond motifs is 1. The van der Waals surface area contributed by atoms with Crippen molar-refractivity contribution in [2.24, 2.45) is 0 Å². The van der Waals surface area contributed by atoms with Crippen LogP contribution in [0.3, 0.4) is 0 Å². The first-order valence-electron chi connectivity index (χ1n) is 16.7. The molecule has 0 unspecified atom stereocenters. The Morgan fingerprint density at radius 1 is 0.978 bits per heavy atom. The number of ether oxygens (including phenoxy) is 1. The molecule has 1 aromatic rings. The van der Waals surface area contributed by atoms with E-state index >= 15 is 0 Å². The number of hydrogen-bond donors (Lipinski definition) is 4. The molecular weight excluding hydrogens is 576 g/mol. The van der Waals surface area contributed by atoms with Crippen LogP contribution < -0.4 is 20.7 Å². The molecule has 248 valence electrons. The Morgan fingerprint density at radius 2 is 1.69 bits per heavy atom. The van der Waals surface area contributed by atoms with Gasteiger partial charge in [0.2, 0.25) is 23.6 Å². The predicted octanol–water partition coefficient (Wildman–Crippen LogP) is 2.71. The third-order valence-electron chi connectivity index (χ3n) is 9.53. The van der Waals surface area contributed by atoms with Crippen LogP contribution in [-0.4, -0.2) is 81.8 Å². The number of nitrogens with one attached hydrogen (secondary N) is 3. The monoisotopic (exact) mass is 626 g/mol. The van der Waals surface area contributed by atoms with E-state index in [1.165, 1.54) is 19.8 Å². The fourth-order valence-electron chi connectivity index (χ4n) is 6.39. The number of carbonyl (C=O) groups excluding carboxylic acids is 5. The van der Waals surface area contributed by atoms with Gasteiger partial charge in [0.1, 0.15) is 35.5 Å². The third-order valence-corrected chi connectivity index (χ3v) is 9.53. The van der Waals surface area contributed by atoms with Crippen LogP contribution in [0.1, 0.15) is 103 Å². The lowest BCUT2D eigenvalue weighted by molar-refractivity contribution is -0.144. The molecule has 4 N–H and O–H groups in total. The molecule has 4 rings (SSSR count). The van der Waals surface area contributed by atoms with Gasteiger partial charge in [-0.3, -0.25) is 24.0 Å². The molecule has 1 saturated carbocycles. The summed E-state index contributed by atoms with van der Waals surface area (Å²) in [6, 6.07) is 5.03. The minimum absolute atomic E-state index is 0.229. The maximum absolute atomic E-state index is 14.0. The van der Waals surface area contributed by atoms with Gasteiger partial charge in [0.25, 0.3) is 0 Å². The maximum atomic E-state index is 14.0. The second kappa shape index (κ2) is 15.7. The molecule has 45 heavy (non-hydrogen) atoms. The van der Waals surface area contributed by atoms with Gasteiger partial charge in [-0.1, -0.05) is 31.9 Å². The zero-order valence-electron chi connectivity index (χ0n) is 26.9. The van der Waals surface area contributed by atoms with Crippen LogP contribution in [0.4, 0.5) is 0 Å². The minimum atomic E-state index is -1.31. The molecule has 3 fully saturated rings. The average molecular weight is 627 g/mol. The van der Waals surface area contributed by atoms with Gasteiger partial charge in [0.15, 0.2) is 5.78 Å². The second-order valence-electron chi connectivity index (χ2n) is 13.1. The van der Waals surface area contributed by atoms with Gasteiger partial charge in [0, 0.05) is 19.4 Å². The third kappa shape index (κ3) is 9.05. The van der Waals surface area contributed by atoms with Crippen LogP contribution >= 0.6 is 0 Å². The highest BCUT2D eigenvalue weighted by Gasteiger charge is 2.43. The molecule has 2 saturated heterocycles. The number of carbonyl (C=O) groups is 5. The summed E-state index contributed by atoms with van der Waals surface area (Å²) >= 11 is 0. The summed E-state index contributed by atoms with van der Waals surface area (Å²) in [5.74, 6) is -1.09. The summed E-state index contributed by atoms with van der Waals surface area (Å²) in [6.07, 6.45) is 7.59. The molecule has 0 bridgehead atoms. The molecule has 3 aliphatic rings. The van der Waals surface area contributed by atoms with Crippen LogP contribution in [0.5, 0.6) is 5.75 Å². The zero-order chi connectivity index (χ0) is 32.6. The highest BCUT2D eigenvalue weighted by atomic mass is 16.5. The molecule has 4 amide bonds. The van der Waals surface area contributed by atoms with E-state index in [1.807, 2.05) is 24.3 Å². The number of rotatable bonds is 12. The lowest BCUT2D eigenvalue weighted by Gasteiger charge is -2.36. The van der Waals surface area contributed by atoms with Crippen LogP contribution in [-0.2, 0) is 30.4 Å². The lowest BCUT2D eigenvalue weighted by Crippen LogP contribution is -2.65. The first-order chi connectivity index (χ1) is 21.5. The standard InChI is InChI=1S/C34H50N4O7/c1-4-34(3)33(44)36-27(21-23-16-18-25(19-17-23)45-24-11-8-9-12-24)32(43)38-20-10-14-28(38)31(42)35-26(30(41)37-34)13-6-5-7-15-29(40)22(2)39/h16-19,22,24,26-28,39H,4-15,20-21H2,1-3H3,(H,35,42)(H,36,44)(H,37,41)/t22-,26+,27+,28-,34+/m1/s1. The molecule has 0 aromatic heterocycles. The molecule has 11 heteroatoms. The van der Waals surface area contributed by atoms with Crippen molar-refractivity contribution in [1.82, 2.24) is 20.9 Å². The van der Waals surface area contributed by atoms with Crippen molar-refractivity contribution in [3.63, 3.8) is 0 Å². The van der Waals surface area contributed by atoms with E-state index in [9.17, 15) is 29.1 Å². The first-order valence-corrected chi connectivity index (χ1v) is 16.7. The summed E-state index contributed by atoms with van der Waals surface area (Å²) in [5, 5.41) is 18.1. The predicted molar refractivity (Wildman–Crippen MR) is 168 cm³/mol. The molecular formula is C34H50N4O7. The van der Waals surface area contributed by atoms with Crippen LogP contribution in [0.2, 0.25) is 0 Å². The van der Waals surface area contributed by atoms with Crippen molar-refractivity contribution in [2.45, 2.75) is 140 Å². The van der Waals surface area contributed by atoms with Gasteiger partial charge >= 0.3 is 0 Å². The van der Waals surface area contributed by atoms with Crippen LogP contribution in [0, 0.1) is 0 Å². The molecule has 0 radical (unpaired) electrons. The molecule has 1 aromatic carbocycles. The fourth-order valence-corrected chi connectivity index (χ4v) is 6.39. The Hall–Kier alpha value is -3.47. The Labute approximate surface area is 266 Å². The Morgan fingerprint density at radius 3 is 2.36 bits per heavy atom. The number of aliphatic hydroxyl groups excluding tert-OH is 1. The second-order valence-corrected chi connectivity index (χ2v) is 13.1. The van der Waals surface area contributed by atoms with Gasteiger partial charge in [-0.15, -0.1) is 0 Å². The van der Waals surface area contributed by atoms with Gasteiger partial charge in [0.05, 0.1) is 6.10 Å². The number of benzene rings is 1. The maximum Gasteiger partial charge on any atom is 0.246 e. The first kappa shape index (κ1) is 34.4. The van der Waals surface area contributed by atoms with Crippen LogP contribution in [0.15, 0.2) is 24.3 Å². The van der Waals surface area contributed by atoms with Crippen molar-refractivity contribution in [3.05, 3.63) is 29.8 Å². The van der Waals surface area contributed by atoms with Crippen molar-refractivity contribution >= 4 is 29.4 Å². The van der Waals surface area contributed by atoms with Crippen molar-refractivity contribution < 1.29 is 33.8 Å². The van der Waals surface area contributed by atoms with E-state index in [4.69, 9.17) is 4.74 Å². The highest BCUT2D eigenvalue weighted by Crippen LogP contribution is 2.26. The SMILES string of the molecule is CC[C@]1(C)NC(=O)[C@H](CCCCCC(=O)[C@@H](C)O)NC(=O)[C@H]2CCCN2C(=O)[C@H](Cc2ccc(OC3CCCC3)cc2)NC1=O. The minimum Gasteiger partial charge on any atom is -0.490 e. The lowest BCUT2D eigenvalue weighted by atomic mass is 9.94. The molecule has 1 aliphatic carbocycles. The molecule has 2 aliphatic heterocycles. The summed E-state index contributed by atoms with van der Waals surface area (Å²) in [6.45, 7) is 5.24. The fraction of sp³-hybridized carbons (Fsp3) is 0.676. The highest BCUT2D eigenvalue weighted by molar-refractivity contribution is 5.99. The number of ketones is 1. The molecule has 5 atom stereocenters. The van der Waals surface area contributed by atoms with Crippen molar-refractivity contribution in [3.8, 4) is 5.75 Å². The normalized spacial score (nSPS) is 27.1. The topological polar surface area (TPSA) is 154 Å². The van der Waals surface area contributed by atoms with E-state index < -0.39 is 41.6 Å². The number of nitrogens with zero attached hydrogens (tertiary/aromatic N) is 1. The van der Waals surface area contributed by atoms with E-state index in [1.54, 1.807) is 18.7 Å². The van der Waals surface area contributed by atoms with E-state index in [0.29, 0.717) is 45.1 Å². The van der Waals surface area contributed by atoms with Gasteiger partial charge in [-0.25, -0.2) is 0 Å². The van der Waals surface area contributed by atoms with Gasteiger partial charge < -0.3 is 30.7 Å². The van der Waals surface area contributed by atoms with Crippen LogP contribution in [0.25, 0.3) is 0 Å². The van der Waals surface area contributed by atoms with E-state index in [2.05, 4.69) is 16.0 Å². The smallest absolute Gasteiger partial charge is 0.246 e. The Balaban J connectivity index is 1.50. The number of Topliss-reactive ketones (excluding diaryl/α,β-unsaturated/α-hetero) is 1. The van der Waals surface area contributed by atoms with Crippen molar-refractivity contribution in [2.75, 3.05) is 6.54 Å². The molecule has 2 heterocycles. The summed E-state index contributed by atoms with van der Waals surface area (Å²) in [4.78, 5) is 68.1. The summed E-state index contributed by atoms with van der Waals surface area (Å²) < 4.78 is 6.08. The summed E-state index contributed by atoms with van der Waals surface area (Å²) in [7, 11) is 0. The summed E-state index contributed by atoms with van der Waals surface area (Å²) in [5.41, 5.74) is -0.470. The van der Waals surface area contributed by atoms with Gasteiger partial charge in [-0.05, 0) is 89.3 Å². The number of aliphatic hydroxyl groups is 1. The van der Waals surface area contributed by atoms with E-state index in [-0.39, 0.29) is 43.0 Å². The quantitative estimate of drug-likeness (QED) is 0.260. The molecule has 11 nitrogen and oxygen atoms in total. The van der Waals surface area contributed by atoms with E-state index in [0.717, 1.165) is 24.2 Å². The zero-order valence-corrected chi connectivity index (χ0v) is 26.9. The average Bonchev–Trinajstić information content (AvgIpc) is 3.72. The van der Waals surface area contributed by atoms with Crippen molar-refractivity contribution in [1.29, 1.82) is 0 Å². The van der Waals surface area contributed by atoms with Gasteiger partial charge in [-0.2, -0.15) is 0 Å². The Kier molecular flexibility index (Phi) is 12.0. The largest absolute Gasteiger partial charge is 0.490 e. The number of hydrogen-bond acceptors (Lipinski definition) is 7. The number of unbranched alkanes of at least 4 members (excludes halogenated alkanes) is 2. The molecule has 0 spiro atoms.